The quantitative estimate of drug-likeness (QED) is 0.812. The monoisotopic (exact) mass is 246 g/mol. The molecule has 0 bridgehead atoms. The van der Waals surface area contributed by atoms with Gasteiger partial charge in [0.25, 0.3) is 0 Å². The first-order valence-corrected chi connectivity index (χ1v) is 5.55. The number of hydrogen-bond donors (Lipinski definition) is 2. The highest BCUT2D eigenvalue weighted by atomic mass is 16.5. The fourth-order valence-electron chi connectivity index (χ4n) is 1.83. The van der Waals surface area contributed by atoms with E-state index >= 15 is 0 Å². The fourth-order valence-corrected chi connectivity index (χ4v) is 1.83. The van der Waals surface area contributed by atoms with Gasteiger partial charge in [0.15, 0.2) is 0 Å². The van der Waals surface area contributed by atoms with Crippen LogP contribution in [0.1, 0.15) is 12.6 Å². The van der Waals surface area contributed by atoms with Gasteiger partial charge in [-0.3, -0.25) is 9.59 Å². The van der Waals surface area contributed by atoms with Crippen molar-refractivity contribution in [3.05, 3.63) is 30.0 Å². The molecule has 0 spiro atoms. The lowest BCUT2D eigenvalue weighted by atomic mass is 10.2. The lowest BCUT2D eigenvalue weighted by molar-refractivity contribution is -0.139. The molecule has 0 aliphatic heterocycles. The molecule has 2 N–H and O–H groups in total. The van der Waals surface area contributed by atoms with Crippen LogP contribution < -0.4 is 5.32 Å². The SMILES string of the molecule is COC(=O)Cc1cc2cccc(NC(C)=O)c2[nH]1. The molecule has 94 valence electrons. The Labute approximate surface area is 104 Å². The normalized spacial score (nSPS) is 10.3. The van der Waals surface area contributed by atoms with Gasteiger partial charge in [-0.1, -0.05) is 12.1 Å². The summed E-state index contributed by atoms with van der Waals surface area (Å²) >= 11 is 0. The van der Waals surface area contributed by atoms with E-state index in [0.717, 1.165) is 16.6 Å². The number of aromatic amines is 1. The van der Waals surface area contributed by atoms with Crippen molar-refractivity contribution in [1.29, 1.82) is 0 Å². The minimum absolute atomic E-state index is 0.133. The Bertz CT molecular complexity index is 601. The first kappa shape index (κ1) is 12.2. The number of esters is 1. The van der Waals surface area contributed by atoms with Crippen LogP contribution in [0.25, 0.3) is 10.9 Å². The van der Waals surface area contributed by atoms with E-state index in [4.69, 9.17) is 0 Å². The lowest BCUT2D eigenvalue weighted by Crippen LogP contribution is -2.06. The molecule has 2 aromatic rings. The largest absolute Gasteiger partial charge is 0.469 e. The van der Waals surface area contributed by atoms with Crippen LogP contribution in [0, 0.1) is 0 Å². The number of carbonyl (C=O) groups excluding carboxylic acids is 2. The zero-order chi connectivity index (χ0) is 13.1. The van der Waals surface area contributed by atoms with Crippen LogP contribution in [-0.2, 0) is 20.7 Å². The van der Waals surface area contributed by atoms with Gasteiger partial charge in [0.1, 0.15) is 0 Å². The third-order valence-corrected chi connectivity index (χ3v) is 2.59. The number of carbonyl (C=O) groups is 2. The number of aromatic nitrogens is 1. The molecule has 0 aliphatic rings. The molecule has 5 nitrogen and oxygen atoms in total. The van der Waals surface area contributed by atoms with Gasteiger partial charge in [0.2, 0.25) is 5.91 Å². The van der Waals surface area contributed by atoms with E-state index in [1.54, 1.807) is 0 Å². The second kappa shape index (κ2) is 4.91. The molecule has 18 heavy (non-hydrogen) atoms. The summed E-state index contributed by atoms with van der Waals surface area (Å²) in [4.78, 5) is 25.4. The van der Waals surface area contributed by atoms with Crippen LogP contribution in [0.2, 0.25) is 0 Å². The number of nitrogens with one attached hydrogen (secondary N) is 2. The maximum Gasteiger partial charge on any atom is 0.311 e. The smallest absolute Gasteiger partial charge is 0.311 e. The Morgan fingerprint density at radius 2 is 2.17 bits per heavy atom. The summed E-state index contributed by atoms with van der Waals surface area (Å²) in [6, 6.07) is 7.45. The highest BCUT2D eigenvalue weighted by Crippen LogP contribution is 2.23. The molecule has 1 heterocycles. The van der Waals surface area contributed by atoms with E-state index in [0.29, 0.717) is 5.69 Å². The van der Waals surface area contributed by atoms with Crippen LogP contribution in [0.3, 0.4) is 0 Å². The van der Waals surface area contributed by atoms with Gasteiger partial charge in [-0.25, -0.2) is 0 Å². The molecule has 0 aliphatic carbocycles. The Kier molecular flexibility index (Phi) is 3.32. The summed E-state index contributed by atoms with van der Waals surface area (Å²) in [5, 5.41) is 3.69. The molecular weight excluding hydrogens is 232 g/mol. The van der Waals surface area contributed by atoms with E-state index in [1.165, 1.54) is 14.0 Å². The summed E-state index contributed by atoms with van der Waals surface area (Å²) in [5.74, 6) is -0.436. The number of H-pyrrole nitrogens is 1. The van der Waals surface area contributed by atoms with Crippen LogP contribution in [0.5, 0.6) is 0 Å². The number of rotatable bonds is 3. The van der Waals surface area contributed by atoms with Crippen molar-refractivity contribution in [1.82, 2.24) is 4.98 Å². The molecule has 1 aromatic heterocycles. The highest BCUT2D eigenvalue weighted by Gasteiger charge is 2.09. The van der Waals surface area contributed by atoms with Crippen LogP contribution in [0.15, 0.2) is 24.3 Å². The van der Waals surface area contributed by atoms with Crippen molar-refractivity contribution in [2.24, 2.45) is 0 Å². The van der Waals surface area contributed by atoms with Crippen molar-refractivity contribution in [2.45, 2.75) is 13.3 Å². The number of methoxy groups -OCH3 is 1. The molecule has 0 fully saturated rings. The molecular formula is C13H14N2O3. The number of para-hydroxylation sites is 1. The zero-order valence-corrected chi connectivity index (χ0v) is 10.2. The number of anilines is 1. The van der Waals surface area contributed by atoms with Crippen LogP contribution >= 0.6 is 0 Å². The molecule has 5 heteroatoms. The number of amides is 1. The van der Waals surface area contributed by atoms with Crippen LogP contribution in [-0.4, -0.2) is 24.0 Å². The Balaban J connectivity index is 2.37. The van der Waals surface area contributed by atoms with E-state index in [2.05, 4.69) is 15.0 Å². The number of benzene rings is 1. The third kappa shape index (κ3) is 2.51. The van der Waals surface area contributed by atoms with Gasteiger partial charge in [-0.2, -0.15) is 0 Å². The third-order valence-electron chi connectivity index (χ3n) is 2.59. The predicted octanol–water partition coefficient (Wildman–Crippen LogP) is 1.84. The van der Waals surface area contributed by atoms with Gasteiger partial charge in [0.05, 0.1) is 24.7 Å². The average molecular weight is 246 g/mol. The van der Waals surface area contributed by atoms with Crippen molar-refractivity contribution in [3.8, 4) is 0 Å². The number of ether oxygens (including phenoxy) is 1. The molecule has 2 rings (SSSR count). The molecule has 0 saturated heterocycles. The summed E-state index contributed by atoms with van der Waals surface area (Å²) in [6.45, 7) is 1.46. The first-order valence-electron chi connectivity index (χ1n) is 5.55. The van der Waals surface area contributed by atoms with Crippen LogP contribution in [0.4, 0.5) is 5.69 Å². The van der Waals surface area contributed by atoms with Crippen molar-refractivity contribution >= 4 is 28.5 Å². The molecule has 0 radical (unpaired) electrons. The average Bonchev–Trinajstić information content (AvgIpc) is 2.71. The molecule has 0 atom stereocenters. The highest BCUT2D eigenvalue weighted by molar-refractivity contribution is 6.00. The van der Waals surface area contributed by atoms with E-state index < -0.39 is 0 Å². The second-order valence-electron chi connectivity index (χ2n) is 4.00. The van der Waals surface area contributed by atoms with Crippen molar-refractivity contribution in [2.75, 3.05) is 12.4 Å². The van der Waals surface area contributed by atoms with Gasteiger partial charge in [-0.05, 0) is 12.1 Å². The maximum atomic E-state index is 11.2. The minimum atomic E-state index is -0.303. The van der Waals surface area contributed by atoms with E-state index in [-0.39, 0.29) is 18.3 Å². The summed E-state index contributed by atoms with van der Waals surface area (Å²) in [7, 11) is 1.35. The van der Waals surface area contributed by atoms with Gasteiger partial charge in [0, 0.05) is 18.0 Å². The zero-order valence-electron chi connectivity index (χ0n) is 10.2. The first-order chi connectivity index (χ1) is 8.60. The summed E-state index contributed by atoms with van der Waals surface area (Å²) in [5.41, 5.74) is 2.28. The lowest BCUT2D eigenvalue weighted by Gasteiger charge is -2.02. The van der Waals surface area contributed by atoms with Crippen molar-refractivity contribution in [3.63, 3.8) is 0 Å². The molecule has 0 unspecified atom stereocenters. The second-order valence-corrected chi connectivity index (χ2v) is 4.00. The summed E-state index contributed by atoms with van der Waals surface area (Å²) < 4.78 is 4.62. The Morgan fingerprint density at radius 3 is 2.83 bits per heavy atom. The van der Waals surface area contributed by atoms with E-state index in [1.807, 2.05) is 24.3 Å². The molecule has 1 amide bonds. The summed E-state index contributed by atoms with van der Waals surface area (Å²) in [6.07, 6.45) is 0.185. The fraction of sp³-hybridized carbons (Fsp3) is 0.231. The minimum Gasteiger partial charge on any atom is -0.469 e. The molecule has 0 saturated carbocycles. The number of hydrogen-bond acceptors (Lipinski definition) is 3. The van der Waals surface area contributed by atoms with Crippen molar-refractivity contribution < 1.29 is 14.3 Å². The Morgan fingerprint density at radius 1 is 1.39 bits per heavy atom. The van der Waals surface area contributed by atoms with Gasteiger partial charge in [-0.15, -0.1) is 0 Å². The predicted molar refractivity (Wildman–Crippen MR) is 68.3 cm³/mol. The Hall–Kier alpha value is -2.30. The standard InChI is InChI=1S/C13H14N2O3/c1-8(16)14-11-5-3-4-9-6-10(15-13(9)11)7-12(17)18-2/h3-6,15H,7H2,1-2H3,(H,14,16). The number of fused-ring (bicyclic) bond motifs is 1. The maximum absolute atomic E-state index is 11.2. The van der Waals surface area contributed by atoms with Gasteiger partial charge >= 0.3 is 5.97 Å². The van der Waals surface area contributed by atoms with E-state index in [9.17, 15) is 9.59 Å². The topological polar surface area (TPSA) is 71.2 Å². The van der Waals surface area contributed by atoms with Gasteiger partial charge < -0.3 is 15.0 Å². The molecule has 1 aromatic carbocycles.